The van der Waals surface area contributed by atoms with Gasteiger partial charge in [0.2, 0.25) is 0 Å². The smallest absolute Gasteiger partial charge is 0.294 e. The Morgan fingerprint density at radius 2 is 1.64 bits per heavy atom. The quantitative estimate of drug-likeness (QED) is 0.635. The maximum atomic E-state index is 10.5. The third-order valence-electron chi connectivity index (χ3n) is 2.85. The highest BCUT2D eigenvalue weighted by Crippen LogP contribution is 2.08. The molecule has 4 nitrogen and oxygen atoms in total. The van der Waals surface area contributed by atoms with Crippen LogP contribution in [0.1, 0.15) is 39.2 Å². The minimum absolute atomic E-state index is 0.0666. The van der Waals surface area contributed by atoms with Crippen molar-refractivity contribution in [3.8, 4) is 0 Å². The fourth-order valence-electron chi connectivity index (χ4n) is 1.56. The standard InChI is InChI=1S/C10H18O.C7H8O3S/c1-9(2)5-4-6-10(3)7-8-11;1-6-2-4-7(5-3-6)11(8,9)10/h5,7,11H,4,6,8H2,1-3H3;2-5H,1H3,(H,8,9,10). The average Bonchev–Trinajstić information content (AvgIpc) is 2.38. The van der Waals surface area contributed by atoms with Crippen molar-refractivity contribution < 1.29 is 18.1 Å². The molecule has 1 rings (SSSR count). The van der Waals surface area contributed by atoms with Gasteiger partial charge in [0.05, 0.1) is 11.5 Å². The van der Waals surface area contributed by atoms with Gasteiger partial charge in [-0.3, -0.25) is 4.55 Å². The van der Waals surface area contributed by atoms with Gasteiger partial charge in [0.15, 0.2) is 0 Å². The molecule has 0 saturated heterocycles. The molecule has 0 saturated carbocycles. The molecule has 1 aromatic rings. The third kappa shape index (κ3) is 10.3. The molecular formula is C17H26O4S. The summed E-state index contributed by atoms with van der Waals surface area (Å²) in [4.78, 5) is -0.0666. The van der Waals surface area contributed by atoms with Crippen LogP contribution in [0, 0.1) is 6.92 Å². The molecule has 0 radical (unpaired) electrons. The molecule has 2 N–H and O–H groups in total. The van der Waals surface area contributed by atoms with Gasteiger partial charge >= 0.3 is 0 Å². The first-order valence-corrected chi connectivity index (χ1v) is 8.55. The van der Waals surface area contributed by atoms with Crippen LogP contribution in [-0.2, 0) is 10.1 Å². The summed E-state index contributed by atoms with van der Waals surface area (Å²) >= 11 is 0. The molecule has 0 aliphatic rings. The fourth-order valence-corrected chi connectivity index (χ4v) is 2.04. The molecule has 0 fully saturated rings. The SMILES string of the molecule is CC(C)=CCCC(C)=CCO.Cc1ccc(S(=O)(=O)O)cc1. The lowest BCUT2D eigenvalue weighted by molar-refractivity contribution is 0.341. The normalized spacial score (nSPS) is 11.5. The lowest BCUT2D eigenvalue weighted by atomic mass is 10.1. The van der Waals surface area contributed by atoms with Crippen molar-refractivity contribution in [1.82, 2.24) is 0 Å². The van der Waals surface area contributed by atoms with E-state index >= 15 is 0 Å². The minimum Gasteiger partial charge on any atom is -0.392 e. The summed E-state index contributed by atoms with van der Waals surface area (Å²) in [7, 11) is -4.02. The van der Waals surface area contributed by atoms with E-state index in [9.17, 15) is 8.42 Å². The molecule has 0 aromatic heterocycles. The average molecular weight is 326 g/mol. The van der Waals surface area contributed by atoms with Crippen LogP contribution in [0.5, 0.6) is 0 Å². The van der Waals surface area contributed by atoms with Crippen molar-refractivity contribution in [3.05, 3.63) is 53.1 Å². The third-order valence-corrected chi connectivity index (χ3v) is 3.72. The Morgan fingerprint density at radius 3 is 2.05 bits per heavy atom. The van der Waals surface area contributed by atoms with Gasteiger partial charge in [0, 0.05) is 0 Å². The van der Waals surface area contributed by atoms with E-state index in [0.29, 0.717) is 0 Å². The first kappa shape index (κ1) is 20.6. The first-order chi connectivity index (χ1) is 10.2. The Morgan fingerprint density at radius 1 is 1.09 bits per heavy atom. The highest BCUT2D eigenvalue weighted by molar-refractivity contribution is 7.85. The van der Waals surface area contributed by atoms with Gasteiger partial charge in [-0.1, -0.05) is 41.0 Å². The zero-order chi connectivity index (χ0) is 17.2. The van der Waals surface area contributed by atoms with Crippen LogP contribution in [-0.4, -0.2) is 24.7 Å². The van der Waals surface area contributed by atoms with E-state index in [1.807, 2.05) is 13.0 Å². The lowest BCUT2D eigenvalue weighted by Gasteiger charge is -1.96. The van der Waals surface area contributed by atoms with Gasteiger partial charge in [-0.25, -0.2) is 0 Å². The first-order valence-electron chi connectivity index (χ1n) is 7.11. The molecule has 0 atom stereocenters. The molecule has 0 unspecified atom stereocenters. The molecule has 0 aliphatic heterocycles. The van der Waals surface area contributed by atoms with Crippen molar-refractivity contribution in [3.63, 3.8) is 0 Å². The Bertz CT molecular complexity index is 592. The van der Waals surface area contributed by atoms with E-state index in [2.05, 4.69) is 26.8 Å². The molecule has 0 aliphatic carbocycles. The van der Waals surface area contributed by atoms with Crippen LogP contribution in [0.25, 0.3) is 0 Å². The van der Waals surface area contributed by atoms with Crippen LogP contribution in [0.2, 0.25) is 0 Å². The number of aliphatic hydroxyl groups is 1. The van der Waals surface area contributed by atoms with Gasteiger partial charge in [0.1, 0.15) is 0 Å². The molecule has 0 heterocycles. The zero-order valence-electron chi connectivity index (χ0n) is 13.7. The predicted octanol–water partition coefficient (Wildman–Crippen LogP) is 3.91. The second-order valence-electron chi connectivity index (χ2n) is 5.34. The Labute approximate surface area is 133 Å². The van der Waals surface area contributed by atoms with Crippen LogP contribution >= 0.6 is 0 Å². The Kier molecular flexibility index (Phi) is 9.65. The summed E-state index contributed by atoms with van der Waals surface area (Å²) in [5, 5.41) is 8.55. The van der Waals surface area contributed by atoms with E-state index in [0.717, 1.165) is 18.4 Å². The van der Waals surface area contributed by atoms with Crippen molar-refractivity contribution in [2.45, 2.75) is 45.4 Å². The van der Waals surface area contributed by atoms with Gasteiger partial charge in [-0.15, -0.1) is 0 Å². The van der Waals surface area contributed by atoms with Crippen LogP contribution < -0.4 is 0 Å². The van der Waals surface area contributed by atoms with Crippen LogP contribution in [0.3, 0.4) is 0 Å². The topological polar surface area (TPSA) is 74.6 Å². The molecular weight excluding hydrogens is 300 g/mol. The van der Waals surface area contributed by atoms with E-state index in [1.54, 1.807) is 12.1 Å². The van der Waals surface area contributed by atoms with Crippen molar-refractivity contribution >= 4 is 10.1 Å². The number of hydrogen-bond acceptors (Lipinski definition) is 3. The van der Waals surface area contributed by atoms with Crippen molar-refractivity contribution in [2.24, 2.45) is 0 Å². The maximum absolute atomic E-state index is 10.5. The van der Waals surface area contributed by atoms with Gasteiger partial charge in [0.25, 0.3) is 10.1 Å². The lowest BCUT2D eigenvalue weighted by Crippen LogP contribution is -1.96. The number of aliphatic hydroxyl groups excluding tert-OH is 1. The minimum atomic E-state index is -4.02. The molecule has 1 aromatic carbocycles. The van der Waals surface area contributed by atoms with Gasteiger partial charge in [-0.2, -0.15) is 8.42 Å². The summed E-state index contributed by atoms with van der Waals surface area (Å²) in [6, 6.07) is 5.99. The number of benzene rings is 1. The van der Waals surface area contributed by atoms with Crippen molar-refractivity contribution in [2.75, 3.05) is 6.61 Å². The molecule has 0 bridgehead atoms. The maximum Gasteiger partial charge on any atom is 0.294 e. The van der Waals surface area contributed by atoms with Crippen LogP contribution in [0.4, 0.5) is 0 Å². The van der Waals surface area contributed by atoms with E-state index in [-0.39, 0.29) is 11.5 Å². The number of hydrogen-bond donors (Lipinski definition) is 2. The van der Waals surface area contributed by atoms with Gasteiger partial charge < -0.3 is 5.11 Å². The van der Waals surface area contributed by atoms with E-state index in [4.69, 9.17) is 9.66 Å². The largest absolute Gasteiger partial charge is 0.392 e. The Hall–Kier alpha value is -1.43. The highest BCUT2D eigenvalue weighted by Gasteiger charge is 2.06. The van der Waals surface area contributed by atoms with Crippen LogP contribution in [0.15, 0.2) is 52.5 Å². The summed E-state index contributed by atoms with van der Waals surface area (Å²) in [5.41, 5.74) is 3.59. The summed E-state index contributed by atoms with van der Waals surface area (Å²) < 4.78 is 29.6. The highest BCUT2D eigenvalue weighted by atomic mass is 32.2. The fraction of sp³-hybridized carbons (Fsp3) is 0.412. The molecule has 0 amide bonds. The number of rotatable bonds is 5. The number of aryl methyl sites for hydroxylation is 1. The summed E-state index contributed by atoms with van der Waals surface area (Å²) in [6.45, 7) is 8.26. The summed E-state index contributed by atoms with van der Waals surface area (Å²) in [6.07, 6.45) is 6.23. The Balaban J connectivity index is 0.000000401. The summed E-state index contributed by atoms with van der Waals surface area (Å²) in [5.74, 6) is 0. The molecule has 22 heavy (non-hydrogen) atoms. The molecule has 124 valence electrons. The molecule has 5 heteroatoms. The monoisotopic (exact) mass is 326 g/mol. The number of allylic oxidation sites excluding steroid dienone is 3. The molecule has 0 spiro atoms. The second kappa shape index (κ2) is 10.3. The second-order valence-corrected chi connectivity index (χ2v) is 6.76. The van der Waals surface area contributed by atoms with E-state index in [1.165, 1.54) is 23.3 Å². The zero-order valence-corrected chi connectivity index (χ0v) is 14.5. The van der Waals surface area contributed by atoms with Gasteiger partial charge in [-0.05, 0) is 52.7 Å². The van der Waals surface area contributed by atoms with E-state index < -0.39 is 10.1 Å². The van der Waals surface area contributed by atoms with Crippen molar-refractivity contribution in [1.29, 1.82) is 0 Å². The predicted molar refractivity (Wildman–Crippen MR) is 90.5 cm³/mol.